The van der Waals surface area contributed by atoms with Gasteiger partial charge in [0.15, 0.2) is 0 Å². The van der Waals surface area contributed by atoms with Gasteiger partial charge in [-0.15, -0.1) is 0 Å². The van der Waals surface area contributed by atoms with Crippen molar-refractivity contribution in [3.8, 4) is 11.4 Å². The second kappa shape index (κ2) is 3.73. The number of rotatable bonds is 2. The summed E-state index contributed by atoms with van der Waals surface area (Å²) in [5.74, 6) is 1.33. The quantitative estimate of drug-likeness (QED) is 0.731. The van der Waals surface area contributed by atoms with Crippen molar-refractivity contribution in [3.63, 3.8) is 0 Å². The van der Waals surface area contributed by atoms with Crippen molar-refractivity contribution in [2.24, 2.45) is 0 Å². The van der Waals surface area contributed by atoms with E-state index in [1.165, 1.54) is 12.1 Å². The summed E-state index contributed by atoms with van der Waals surface area (Å²) < 4.78 is 18.4. The Bertz CT molecular complexity index is 669. The van der Waals surface area contributed by atoms with Gasteiger partial charge in [0.2, 0.25) is 0 Å². The number of H-pyrrole nitrogens is 1. The third-order valence-corrected chi connectivity index (χ3v) is 2.77. The van der Waals surface area contributed by atoms with E-state index in [4.69, 9.17) is 4.42 Å². The molecular weight excluding hydrogens is 219 g/mol. The molecular formula is C13H11FN2O. The van der Waals surface area contributed by atoms with Crippen LogP contribution in [0, 0.1) is 5.82 Å². The number of imidazole rings is 1. The molecule has 3 aromatic rings. The van der Waals surface area contributed by atoms with E-state index < -0.39 is 0 Å². The summed E-state index contributed by atoms with van der Waals surface area (Å²) in [5.41, 5.74) is 2.39. The van der Waals surface area contributed by atoms with E-state index >= 15 is 0 Å². The minimum Gasteiger partial charge on any atom is -0.469 e. The fourth-order valence-electron chi connectivity index (χ4n) is 1.93. The zero-order valence-corrected chi connectivity index (χ0v) is 9.33. The minimum atomic E-state index is -0.268. The average Bonchev–Trinajstić information content (AvgIpc) is 2.93. The Balaban J connectivity index is 2.18. The zero-order chi connectivity index (χ0) is 11.8. The van der Waals surface area contributed by atoms with Crippen molar-refractivity contribution in [1.29, 1.82) is 0 Å². The normalized spacial score (nSPS) is 11.2. The van der Waals surface area contributed by atoms with Gasteiger partial charge in [-0.05, 0) is 24.3 Å². The van der Waals surface area contributed by atoms with E-state index in [0.29, 0.717) is 5.52 Å². The topological polar surface area (TPSA) is 41.8 Å². The average molecular weight is 230 g/mol. The van der Waals surface area contributed by atoms with Gasteiger partial charge in [-0.2, -0.15) is 0 Å². The molecule has 0 aliphatic carbocycles. The molecule has 2 heterocycles. The Morgan fingerprint density at radius 3 is 3.06 bits per heavy atom. The third kappa shape index (κ3) is 1.62. The van der Waals surface area contributed by atoms with Gasteiger partial charge in [0.25, 0.3) is 0 Å². The first-order valence-corrected chi connectivity index (χ1v) is 5.50. The molecule has 0 radical (unpaired) electrons. The number of benzene rings is 1. The van der Waals surface area contributed by atoms with Gasteiger partial charge in [0, 0.05) is 6.42 Å². The maximum absolute atomic E-state index is 13.1. The van der Waals surface area contributed by atoms with Gasteiger partial charge >= 0.3 is 0 Å². The van der Waals surface area contributed by atoms with Crippen LogP contribution in [0.4, 0.5) is 4.39 Å². The van der Waals surface area contributed by atoms with Crippen molar-refractivity contribution in [2.45, 2.75) is 13.3 Å². The number of furan rings is 1. The number of hydrogen-bond acceptors (Lipinski definition) is 2. The van der Waals surface area contributed by atoms with E-state index in [1.807, 2.05) is 13.0 Å². The number of hydrogen-bond donors (Lipinski definition) is 1. The van der Waals surface area contributed by atoms with Gasteiger partial charge in [0.1, 0.15) is 17.4 Å². The zero-order valence-electron chi connectivity index (χ0n) is 9.33. The van der Waals surface area contributed by atoms with Crippen molar-refractivity contribution >= 4 is 11.0 Å². The highest BCUT2D eigenvalue weighted by Gasteiger charge is 2.11. The van der Waals surface area contributed by atoms with Crippen LogP contribution in [-0.2, 0) is 6.42 Å². The molecule has 3 rings (SSSR count). The second-order valence-corrected chi connectivity index (χ2v) is 3.86. The molecule has 2 aromatic heterocycles. The maximum atomic E-state index is 13.1. The number of aryl methyl sites for hydroxylation is 1. The van der Waals surface area contributed by atoms with Crippen LogP contribution in [0.1, 0.15) is 12.7 Å². The number of aromatic amines is 1. The highest BCUT2D eigenvalue weighted by Crippen LogP contribution is 2.25. The number of aromatic nitrogens is 2. The lowest BCUT2D eigenvalue weighted by Gasteiger charge is -1.94. The van der Waals surface area contributed by atoms with Crippen LogP contribution in [0.5, 0.6) is 0 Å². The molecule has 0 aliphatic heterocycles. The summed E-state index contributed by atoms with van der Waals surface area (Å²) in [4.78, 5) is 7.53. The molecule has 0 atom stereocenters. The van der Waals surface area contributed by atoms with Gasteiger partial charge in [-0.3, -0.25) is 0 Å². The molecule has 4 heteroatoms. The standard InChI is InChI=1S/C13H11FN2O/c1-2-12-9(5-6-17-12)13-15-10-4-3-8(14)7-11(10)16-13/h3-7H,2H2,1H3,(H,15,16). The first-order chi connectivity index (χ1) is 8.28. The van der Waals surface area contributed by atoms with E-state index in [2.05, 4.69) is 9.97 Å². The number of halogens is 1. The smallest absolute Gasteiger partial charge is 0.142 e. The van der Waals surface area contributed by atoms with E-state index in [9.17, 15) is 4.39 Å². The summed E-state index contributed by atoms with van der Waals surface area (Å²) >= 11 is 0. The monoisotopic (exact) mass is 230 g/mol. The Kier molecular flexibility index (Phi) is 2.21. The van der Waals surface area contributed by atoms with E-state index in [0.717, 1.165) is 29.1 Å². The SMILES string of the molecule is CCc1occc1-c1nc2ccc(F)cc2[nH]1. The van der Waals surface area contributed by atoms with Crippen LogP contribution >= 0.6 is 0 Å². The second-order valence-electron chi connectivity index (χ2n) is 3.86. The third-order valence-electron chi connectivity index (χ3n) is 2.77. The molecule has 3 nitrogen and oxygen atoms in total. The minimum absolute atomic E-state index is 0.268. The largest absolute Gasteiger partial charge is 0.469 e. The molecule has 86 valence electrons. The molecule has 0 aliphatic rings. The lowest BCUT2D eigenvalue weighted by atomic mass is 10.2. The van der Waals surface area contributed by atoms with Gasteiger partial charge in [-0.1, -0.05) is 6.92 Å². The summed E-state index contributed by atoms with van der Waals surface area (Å²) in [7, 11) is 0. The Morgan fingerprint density at radius 1 is 1.35 bits per heavy atom. The van der Waals surface area contributed by atoms with Gasteiger partial charge < -0.3 is 9.40 Å². The summed E-state index contributed by atoms with van der Waals surface area (Å²) in [6.45, 7) is 2.02. The molecule has 0 saturated carbocycles. The summed E-state index contributed by atoms with van der Waals surface area (Å²) in [6, 6.07) is 6.38. The predicted molar refractivity (Wildman–Crippen MR) is 63.1 cm³/mol. The molecule has 1 N–H and O–H groups in total. The molecule has 0 bridgehead atoms. The maximum Gasteiger partial charge on any atom is 0.142 e. The Hall–Kier alpha value is -2.10. The first kappa shape index (κ1) is 10.1. The van der Waals surface area contributed by atoms with Crippen LogP contribution < -0.4 is 0 Å². The fraction of sp³-hybridized carbons (Fsp3) is 0.154. The number of nitrogens with one attached hydrogen (secondary N) is 1. The van der Waals surface area contributed by atoms with Crippen molar-refractivity contribution in [3.05, 3.63) is 42.1 Å². The predicted octanol–water partition coefficient (Wildman–Crippen LogP) is 3.52. The molecule has 1 aromatic carbocycles. The van der Waals surface area contributed by atoms with Crippen LogP contribution in [0.25, 0.3) is 22.4 Å². The first-order valence-electron chi connectivity index (χ1n) is 5.50. The van der Waals surface area contributed by atoms with Crippen molar-refractivity contribution < 1.29 is 8.81 Å². The number of fused-ring (bicyclic) bond motifs is 1. The summed E-state index contributed by atoms with van der Waals surface area (Å²) in [6.07, 6.45) is 2.44. The molecule has 0 spiro atoms. The van der Waals surface area contributed by atoms with Gasteiger partial charge in [-0.25, -0.2) is 9.37 Å². The van der Waals surface area contributed by atoms with Crippen LogP contribution in [-0.4, -0.2) is 9.97 Å². The van der Waals surface area contributed by atoms with Gasteiger partial charge in [0.05, 0.1) is 22.9 Å². The van der Waals surface area contributed by atoms with E-state index in [1.54, 1.807) is 12.3 Å². The van der Waals surface area contributed by atoms with Crippen LogP contribution in [0.3, 0.4) is 0 Å². The fourth-order valence-corrected chi connectivity index (χ4v) is 1.93. The summed E-state index contributed by atoms with van der Waals surface area (Å²) in [5, 5.41) is 0. The lowest BCUT2D eigenvalue weighted by Crippen LogP contribution is -1.83. The van der Waals surface area contributed by atoms with E-state index in [-0.39, 0.29) is 5.82 Å². The lowest BCUT2D eigenvalue weighted by molar-refractivity contribution is 0.517. The highest BCUT2D eigenvalue weighted by atomic mass is 19.1. The molecule has 0 saturated heterocycles. The Labute approximate surface area is 97.3 Å². The molecule has 0 amide bonds. The van der Waals surface area contributed by atoms with Crippen LogP contribution in [0.2, 0.25) is 0 Å². The number of nitrogens with zero attached hydrogens (tertiary/aromatic N) is 1. The van der Waals surface area contributed by atoms with Crippen molar-refractivity contribution in [1.82, 2.24) is 9.97 Å². The molecule has 0 unspecified atom stereocenters. The van der Waals surface area contributed by atoms with Crippen LogP contribution in [0.15, 0.2) is 34.9 Å². The molecule has 17 heavy (non-hydrogen) atoms. The molecule has 0 fully saturated rings. The highest BCUT2D eigenvalue weighted by molar-refractivity contribution is 5.79. The van der Waals surface area contributed by atoms with Crippen molar-refractivity contribution in [2.75, 3.05) is 0 Å². The Morgan fingerprint density at radius 2 is 2.24 bits per heavy atom.